The SMILES string of the molecule is COc1ccc(C(=O)Oc2ccc([C@@H](O)CNC(C)(C)C)cc2OC(=O)c2ccc(OC)cc2)cc1. The Hall–Kier alpha value is -3.88. The van der Waals surface area contributed by atoms with E-state index in [0.29, 0.717) is 22.6 Å². The van der Waals surface area contributed by atoms with Crippen molar-refractivity contribution in [1.82, 2.24) is 5.32 Å². The van der Waals surface area contributed by atoms with Crippen LogP contribution in [0.1, 0.15) is 53.2 Å². The molecule has 36 heavy (non-hydrogen) atoms. The molecule has 0 unspecified atom stereocenters. The number of hydrogen-bond acceptors (Lipinski definition) is 8. The van der Waals surface area contributed by atoms with Crippen molar-refractivity contribution >= 4 is 11.9 Å². The number of carbonyl (C=O) groups excluding carboxylic acids is 2. The predicted octanol–water partition coefficient (Wildman–Crippen LogP) is 4.56. The van der Waals surface area contributed by atoms with Gasteiger partial charge in [-0.05, 0) is 87.0 Å². The van der Waals surface area contributed by atoms with Crippen molar-refractivity contribution in [3.63, 3.8) is 0 Å². The lowest BCUT2D eigenvalue weighted by molar-refractivity contribution is 0.0681. The average molecular weight is 494 g/mol. The number of aliphatic hydroxyl groups excluding tert-OH is 1. The average Bonchev–Trinajstić information content (AvgIpc) is 2.87. The van der Waals surface area contributed by atoms with Crippen molar-refractivity contribution < 1.29 is 33.6 Å². The first-order valence-corrected chi connectivity index (χ1v) is 11.4. The largest absolute Gasteiger partial charge is 0.497 e. The van der Waals surface area contributed by atoms with E-state index in [-0.39, 0.29) is 29.1 Å². The molecular formula is C28H31NO7. The van der Waals surface area contributed by atoms with Gasteiger partial charge in [0.2, 0.25) is 0 Å². The first-order valence-electron chi connectivity index (χ1n) is 11.4. The maximum atomic E-state index is 12.8. The number of β-amino-alcohol motifs (C(OH)–C–C–N with tert-alkyl or cyclic N) is 1. The van der Waals surface area contributed by atoms with Gasteiger partial charge in [0.25, 0.3) is 0 Å². The molecule has 0 fully saturated rings. The molecule has 190 valence electrons. The minimum absolute atomic E-state index is 0.00462. The predicted molar refractivity (Wildman–Crippen MR) is 135 cm³/mol. The quantitative estimate of drug-likeness (QED) is 0.330. The van der Waals surface area contributed by atoms with Crippen LogP contribution >= 0.6 is 0 Å². The zero-order valence-electron chi connectivity index (χ0n) is 21.0. The van der Waals surface area contributed by atoms with Crippen LogP contribution in [0.2, 0.25) is 0 Å². The summed E-state index contributed by atoms with van der Waals surface area (Å²) in [7, 11) is 3.06. The Balaban J connectivity index is 1.87. The highest BCUT2D eigenvalue weighted by molar-refractivity contribution is 5.93. The van der Waals surface area contributed by atoms with Gasteiger partial charge in [0.15, 0.2) is 11.5 Å². The summed E-state index contributed by atoms with van der Waals surface area (Å²) in [5.41, 5.74) is 0.872. The maximum absolute atomic E-state index is 12.8. The molecule has 2 N–H and O–H groups in total. The number of esters is 2. The summed E-state index contributed by atoms with van der Waals surface area (Å²) >= 11 is 0. The van der Waals surface area contributed by atoms with E-state index >= 15 is 0 Å². The normalized spacial score (nSPS) is 11.9. The van der Waals surface area contributed by atoms with Crippen molar-refractivity contribution in [2.45, 2.75) is 32.4 Å². The molecule has 0 radical (unpaired) electrons. The summed E-state index contributed by atoms with van der Waals surface area (Å²) < 4.78 is 21.4. The second-order valence-corrected chi connectivity index (χ2v) is 9.09. The molecule has 0 aliphatic heterocycles. The number of rotatable bonds is 9. The highest BCUT2D eigenvalue weighted by atomic mass is 16.6. The number of ether oxygens (including phenoxy) is 4. The van der Waals surface area contributed by atoms with Crippen LogP contribution in [0.4, 0.5) is 0 Å². The summed E-state index contributed by atoms with van der Waals surface area (Å²) in [4.78, 5) is 25.6. The zero-order chi connectivity index (χ0) is 26.3. The van der Waals surface area contributed by atoms with Gasteiger partial charge in [-0.15, -0.1) is 0 Å². The van der Waals surface area contributed by atoms with Gasteiger partial charge in [0.05, 0.1) is 31.5 Å². The van der Waals surface area contributed by atoms with Crippen molar-refractivity contribution in [3.8, 4) is 23.0 Å². The molecule has 0 heterocycles. The van der Waals surface area contributed by atoms with Crippen LogP contribution in [0, 0.1) is 0 Å². The van der Waals surface area contributed by atoms with E-state index in [2.05, 4.69) is 5.32 Å². The van der Waals surface area contributed by atoms with Crippen molar-refractivity contribution in [3.05, 3.63) is 83.4 Å². The van der Waals surface area contributed by atoms with Crippen LogP contribution in [0.15, 0.2) is 66.7 Å². The van der Waals surface area contributed by atoms with Gasteiger partial charge in [-0.25, -0.2) is 9.59 Å². The molecule has 0 saturated carbocycles. The summed E-state index contributed by atoms with van der Waals surface area (Å²) in [6.45, 7) is 6.25. The molecule has 0 aromatic heterocycles. The van der Waals surface area contributed by atoms with Gasteiger partial charge < -0.3 is 29.4 Å². The molecule has 8 heteroatoms. The number of aliphatic hydroxyl groups is 1. The molecular weight excluding hydrogens is 462 g/mol. The molecule has 0 bridgehead atoms. The first kappa shape index (κ1) is 26.7. The molecule has 3 aromatic carbocycles. The Morgan fingerprint density at radius 2 is 1.25 bits per heavy atom. The van der Waals surface area contributed by atoms with Crippen LogP contribution in [-0.4, -0.2) is 43.3 Å². The van der Waals surface area contributed by atoms with Gasteiger partial charge in [-0.3, -0.25) is 0 Å². The van der Waals surface area contributed by atoms with Gasteiger partial charge in [-0.2, -0.15) is 0 Å². The fraction of sp³-hybridized carbons (Fsp3) is 0.286. The molecule has 3 aromatic rings. The Morgan fingerprint density at radius 3 is 1.69 bits per heavy atom. The molecule has 1 atom stereocenters. The van der Waals surface area contributed by atoms with E-state index < -0.39 is 18.0 Å². The van der Waals surface area contributed by atoms with Crippen LogP contribution in [0.25, 0.3) is 0 Å². The maximum Gasteiger partial charge on any atom is 0.343 e. The number of hydrogen-bond donors (Lipinski definition) is 2. The second-order valence-electron chi connectivity index (χ2n) is 9.09. The topological polar surface area (TPSA) is 103 Å². The third kappa shape index (κ3) is 7.31. The number of nitrogens with one attached hydrogen (secondary N) is 1. The van der Waals surface area contributed by atoms with E-state index in [1.807, 2.05) is 20.8 Å². The molecule has 0 aliphatic rings. The smallest absolute Gasteiger partial charge is 0.343 e. The van der Waals surface area contributed by atoms with E-state index in [0.717, 1.165) is 0 Å². The summed E-state index contributed by atoms with van der Waals surface area (Å²) in [6.07, 6.45) is -0.881. The van der Waals surface area contributed by atoms with E-state index in [1.165, 1.54) is 26.4 Å². The molecule has 0 spiro atoms. The van der Waals surface area contributed by atoms with E-state index in [4.69, 9.17) is 18.9 Å². The van der Waals surface area contributed by atoms with Crippen molar-refractivity contribution in [2.24, 2.45) is 0 Å². The van der Waals surface area contributed by atoms with E-state index in [1.54, 1.807) is 54.6 Å². The number of methoxy groups -OCH3 is 2. The highest BCUT2D eigenvalue weighted by Crippen LogP contribution is 2.32. The number of carbonyl (C=O) groups is 2. The zero-order valence-corrected chi connectivity index (χ0v) is 21.0. The summed E-state index contributed by atoms with van der Waals surface area (Å²) in [5.74, 6) is -0.0525. The monoisotopic (exact) mass is 493 g/mol. The van der Waals surface area contributed by atoms with Gasteiger partial charge in [0.1, 0.15) is 11.5 Å². The molecule has 3 rings (SSSR count). The Labute approximate surface area is 210 Å². The lowest BCUT2D eigenvalue weighted by Gasteiger charge is -2.23. The third-order valence-corrected chi connectivity index (χ3v) is 5.24. The fourth-order valence-electron chi connectivity index (χ4n) is 3.19. The standard InChI is InChI=1S/C28H31NO7/c1-28(2,3)29-17-23(30)20-10-15-24(35-26(31)18-6-11-21(33-4)12-7-18)25(16-20)36-27(32)19-8-13-22(34-5)14-9-19/h6-16,23,29-30H,17H2,1-5H3/t23-/m0/s1. The van der Waals surface area contributed by atoms with Gasteiger partial charge >= 0.3 is 11.9 Å². The Kier molecular flexibility index (Phi) is 8.68. The van der Waals surface area contributed by atoms with E-state index in [9.17, 15) is 14.7 Å². The molecule has 8 nitrogen and oxygen atoms in total. The molecule has 0 saturated heterocycles. The van der Waals surface area contributed by atoms with Crippen molar-refractivity contribution in [2.75, 3.05) is 20.8 Å². The minimum atomic E-state index is -0.881. The summed E-state index contributed by atoms with van der Waals surface area (Å²) in [5, 5.41) is 13.9. The van der Waals surface area contributed by atoms with Crippen LogP contribution in [0.5, 0.6) is 23.0 Å². The van der Waals surface area contributed by atoms with Gasteiger partial charge in [0, 0.05) is 12.1 Å². The second kappa shape index (κ2) is 11.7. The molecule has 0 aliphatic carbocycles. The summed E-state index contributed by atoms with van der Waals surface area (Å²) in [6, 6.07) is 17.4. The first-order chi connectivity index (χ1) is 17.1. The highest BCUT2D eigenvalue weighted by Gasteiger charge is 2.20. The Morgan fingerprint density at radius 1 is 0.778 bits per heavy atom. The lowest BCUT2D eigenvalue weighted by atomic mass is 10.1. The third-order valence-electron chi connectivity index (χ3n) is 5.24. The van der Waals surface area contributed by atoms with Gasteiger partial charge in [-0.1, -0.05) is 6.07 Å². The van der Waals surface area contributed by atoms with Crippen molar-refractivity contribution in [1.29, 1.82) is 0 Å². The van der Waals surface area contributed by atoms with Crippen LogP contribution in [-0.2, 0) is 0 Å². The van der Waals surface area contributed by atoms with Crippen LogP contribution < -0.4 is 24.3 Å². The molecule has 0 amide bonds. The lowest BCUT2D eigenvalue weighted by Crippen LogP contribution is -2.38. The fourth-order valence-corrected chi connectivity index (χ4v) is 3.19. The number of benzene rings is 3. The minimum Gasteiger partial charge on any atom is -0.497 e. The van der Waals surface area contributed by atoms with Crippen LogP contribution in [0.3, 0.4) is 0 Å². The Bertz CT molecular complexity index is 1180.